The van der Waals surface area contributed by atoms with E-state index in [1.165, 1.54) is 0 Å². The fourth-order valence-electron chi connectivity index (χ4n) is 2.21. The first-order valence-electron chi connectivity index (χ1n) is 8.02. The van der Waals surface area contributed by atoms with Crippen molar-refractivity contribution in [2.45, 2.75) is 5.75 Å². The quantitative estimate of drug-likeness (QED) is 0.595. The van der Waals surface area contributed by atoms with Crippen molar-refractivity contribution < 1.29 is 13.9 Å². The van der Waals surface area contributed by atoms with Gasteiger partial charge in [0.25, 0.3) is 5.91 Å². The Kier molecular flexibility index (Phi) is 6.17. The summed E-state index contributed by atoms with van der Waals surface area (Å²) in [5.41, 5.74) is 0.622. The highest BCUT2D eigenvalue weighted by Gasteiger charge is 2.05. The van der Waals surface area contributed by atoms with E-state index >= 15 is 0 Å². The van der Waals surface area contributed by atoms with Gasteiger partial charge in [0.15, 0.2) is 0 Å². The van der Waals surface area contributed by atoms with Crippen LogP contribution < -0.4 is 10.1 Å². The van der Waals surface area contributed by atoms with Crippen LogP contribution in [0.2, 0.25) is 0 Å². The maximum atomic E-state index is 12.1. The summed E-state index contributed by atoms with van der Waals surface area (Å²) >= 11 is 1.72. The second-order valence-corrected chi connectivity index (χ2v) is 6.43. The third-order valence-electron chi connectivity index (χ3n) is 3.45. The van der Waals surface area contributed by atoms with Crippen LogP contribution in [0.25, 0.3) is 0 Å². The van der Waals surface area contributed by atoms with Gasteiger partial charge in [-0.25, -0.2) is 0 Å². The maximum Gasteiger partial charge on any atom is 0.251 e. The van der Waals surface area contributed by atoms with Gasteiger partial charge in [-0.2, -0.15) is 11.8 Å². The average Bonchev–Trinajstić information content (AvgIpc) is 3.16. The van der Waals surface area contributed by atoms with Crippen LogP contribution >= 0.6 is 11.8 Å². The van der Waals surface area contributed by atoms with Crippen molar-refractivity contribution in [1.29, 1.82) is 0 Å². The predicted octanol–water partition coefficient (Wildman–Crippen LogP) is 4.74. The van der Waals surface area contributed by atoms with Gasteiger partial charge in [-0.3, -0.25) is 4.79 Å². The number of amides is 1. The van der Waals surface area contributed by atoms with Crippen LogP contribution in [-0.4, -0.2) is 18.2 Å². The molecule has 3 rings (SSSR count). The van der Waals surface area contributed by atoms with Crippen molar-refractivity contribution in [1.82, 2.24) is 5.32 Å². The molecule has 4 nitrogen and oxygen atoms in total. The van der Waals surface area contributed by atoms with E-state index in [0.29, 0.717) is 17.9 Å². The Bertz CT molecular complexity index is 770. The summed E-state index contributed by atoms with van der Waals surface area (Å²) < 4.78 is 11.0. The molecule has 0 fully saturated rings. The minimum Gasteiger partial charge on any atom is -0.468 e. The van der Waals surface area contributed by atoms with Crippen molar-refractivity contribution in [3.05, 3.63) is 84.3 Å². The SMILES string of the molecule is O=C(NCCSCc1ccco1)c1ccc(Oc2ccccc2)cc1. The van der Waals surface area contributed by atoms with Crippen LogP contribution in [0.4, 0.5) is 0 Å². The topological polar surface area (TPSA) is 51.5 Å². The Morgan fingerprint density at radius 2 is 1.72 bits per heavy atom. The van der Waals surface area contributed by atoms with Gasteiger partial charge in [-0.1, -0.05) is 18.2 Å². The summed E-state index contributed by atoms with van der Waals surface area (Å²) in [5.74, 6) is 4.00. The normalized spacial score (nSPS) is 10.4. The second-order valence-electron chi connectivity index (χ2n) is 5.33. The van der Waals surface area contributed by atoms with Gasteiger partial charge < -0.3 is 14.5 Å². The van der Waals surface area contributed by atoms with Crippen molar-refractivity contribution in [2.24, 2.45) is 0 Å². The number of thioether (sulfide) groups is 1. The minimum atomic E-state index is -0.0788. The fourth-order valence-corrected chi connectivity index (χ4v) is 2.96. The van der Waals surface area contributed by atoms with E-state index in [1.54, 1.807) is 42.3 Å². The van der Waals surface area contributed by atoms with E-state index in [0.717, 1.165) is 23.0 Å². The number of benzene rings is 2. The number of furan rings is 1. The lowest BCUT2D eigenvalue weighted by Gasteiger charge is -2.07. The number of ether oxygens (including phenoxy) is 1. The van der Waals surface area contributed by atoms with Crippen LogP contribution in [-0.2, 0) is 5.75 Å². The number of nitrogens with one attached hydrogen (secondary N) is 1. The van der Waals surface area contributed by atoms with Crippen molar-refractivity contribution in [3.8, 4) is 11.5 Å². The van der Waals surface area contributed by atoms with Gasteiger partial charge >= 0.3 is 0 Å². The molecule has 0 atom stereocenters. The predicted molar refractivity (Wildman–Crippen MR) is 100 cm³/mol. The molecule has 0 aliphatic carbocycles. The first kappa shape index (κ1) is 17.2. The van der Waals surface area contributed by atoms with Gasteiger partial charge in [0.1, 0.15) is 17.3 Å². The third kappa shape index (κ3) is 5.43. The summed E-state index contributed by atoms with van der Waals surface area (Å²) in [4.78, 5) is 12.1. The van der Waals surface area contributed by atoms with Crippen LogP contribution in [0, 0.1) is 0 Å². The lowest BCUT2D eigenvalue weighted by molar-refractivity contribution is 0.0956. The molecule has 0 unspecified atom stereocenters. The lowest BCUT2D eigenvalue weighted by Crippen LogP contribution is -2.25. The summed E-state index contributed by atoms with van der Waals surface area (Å²) in [5, 5.41) is 2.92. The van der Waals surface area contributed by atoms with Crippen LogP contribution in [0.1, 0.15) is 16.1 Å². The average molecular weight is 353 g/mol. The number of para-hydroxylation sites is 1. The Labute approximate surface area is 151 Å². The van der Waals surface area contributed by atoms with Gasteiger partial charge in [0.05, 0.1) is 12.0 Å². The Morgan fingerprint density at radius 1 is 0.960 bits per heavy atom. The zero-order chi connectivity index (χ0) is 17.3. The molecule has 5 heteroatoms. The molecule has 1 aromatic heterocycles. The molecule has 0 bridgehead atoms. The molecule has 0 saturated carbocycles. The molecule has 1 amide bonds. The first-order chi connectivity index (χ1) is 12.3. The molecule has 25 heavy (non-hydrogen) atoms. The highest BCUT2D eigenvalue weighted by atomic mass is 32.2. The maximum absolute atomic E-state index is 12.1. The molecule has 1 heterocycles. The zero-order valence-corrected chi connectivity index (χ0v) is 14.5. The number of carbonyl (C=O) groups is 1. The van der Waals surface area contributed by atoms with Crippen molar-refractivity contribution >= 4 is 17.7 Å². The molecule has 0 saturated heterocycles. The van der Waals surface area contributed by atoms with E-state index in [2.05, 4.69) is 5.32 Å². The van der Waals surface area contributed by atoms with Crippen LogP contribution in [0.3, 0.4) is 0 Å². The van der Waals surface area contributed by atoms with Gasteiger partial charge in [-0.15, -0.1) is 0 Å². The van der Waals surface area contributed by atoms with E-state index in [-0.39, 0.29) is 5.91 Å². The zero-order valence-electron chi connectivity index (χ0n) is 13.7. The molecular formula is C20H19NO3S. The lowest BCUT2D eigenvalue weighted by atomic mass is 10.2. The smallest absolute Gasteiger partial charge is 0.251 e. The summed E-state index contributed by atoms with van der Waals surface area (Å²) in [6.07, 6.45) is 1.67. The van der Waals surface area contributed by atoms with Crippen molar-refractivity contribution in [2.75, 3.05) is 12.3 Å². The van der Waals surface area contributed by atoms with E-state index in [1.807, 2.05) is 42.5 Å². The molecule has 0 aliphatic rings. The van der Waals surface area contributed by atoms with E-state index < -0.39 is 0 Å². The molecular weight excluding hydrogens is 334 g/mol. The second kappa shape index (κ2) is 8.99. The summed E-state index contributed by atoms with van der Waals surface area (Å²) in [6.45, 7) is 0.618. The first-order valence-corrected chi connectivity index (χ1v) is 9.18. The number of rotatable bonds is 8. The number of carbonyl (C=O) groups excluding carboxylic acids is 1. The molecule has 0 radical (unpaired) electrons. The summed E-state index contributed by atoms with van der Waals surface area (Å²) in [6, 6.07) is 20.5. The standard InChI is InChI=1S/C20H19NO3S/c22-20(21-12-14-25-15-19-7-4-13-23-19)16-8-10-18(11-9-16)24-17-5-2-1-3-6-17/h1-11,13H,12,14-15H2,(H,21,22). The molecule has 3 aromatic rings. The highest BCUT2D eigenvalue weighted by molar-refractivity contribution is 7.98. The van der Waals surface area contributed by atoms with Crippen molar-refractivity contribution in [3.63, 3.8) is 0 Å². The molecule has 2 aromatic carbocycles. The van der Waals surface area contributed by atoms with E-state index in [4.69, 9.17) is 9.15 Å². The Morgan fingerprint density at radius 3 is 2.44 bits per heavy atom. The highest BCUT2D eigenvalue weighted by Crippen LogP contribution is 2.21. The van der Waals surface area contributed by atoms with E-state index in [9.17, 15) is 4.79 Å². The number of hydrogen-bond acceptors (Lipinski definition) is 4. The monoisotopic (exact) mass is 353 g/mol. The van der Waals surface area contributed by atoms with Gasteiger partial charge in [0.2, 0.25) is 0 Å². The fraction of sp³-hybridized carbons (Fsp3) is 0.150. The van der Waals surface area contributed by atoms with Gasteiger partial charge in [0, 0.05) is 17.9 Å². The molecule has 0 spiro atoms. The van der Waals surface area contributed by atoms with Crippen LogP contribution in [0.5, 0.6) is 11.5 Å². The number of hydrogen-bond donors (Lipinski definition) is 1. The molecule has 0 aliphatic heterocycles. The largest absolute Gasteiger partial charge is 0.468 e. The minimum absolute atomic E-state index is 0.0788. The molecule has 1 N–H and O–H groups in total. The molecule has 128 valence electrons. The Balaban J connectivity index is 1.41. The Hall–Kier alpha value is -2.66. The third-order valence-corrected chi connectivity index (χ3v) is 4.43. The summed E-state index contributed by atoms with van der Waals surface area (Å²) in [7, 11) is 0. The van der Waals surface area contributed by atoms with Gasteiger partial charge in [-0.05, 0) is 48.5 Å². The van der Waals surface area contributed by atoms with Crippen LogP contribution in [0.15, 0.2) is 77.4 Å².